The first-order valence-electron chi connectivity index (χ1n) is 7.57. The van der Waals surface area contributed by atoms with Crippen LogP contribution in [0.25, 0.3) is 0 Å². The van der Waals surface area contributed by atoms with Crippen LogP contribution in [0.3, 0.4) is 0 Å². The van der Waals surface area contributed by atoms with Gasteiger partial charge >= 0.3 is 0 Å². The van der Waals surface area contributed by atoms with Gasteiger partial charge in [0.2, 0.25) is 5.91 Å². The summed E-state index contributed by atoms with van der Waals surface area (Å²) >= 11 is 1.82. The lowest BCUT2D eigenvalue weighted by Crippen LogP contribution is -2.36. The maximum atomic E-state index is 12.6. The van der Waals surface area contributed by atoms with Crippen LogP contribution in [0.4, 0.5) is 11.4 Å². The van der Waals surface area contributed by atoms with Crippen molar-refractivity contribution >= 4 is 29.0 Å². The van der Waals surface area contributed by atoms with Crippen LogP contribution in [0, 0.1) is 5.92 Å². The molecule has 1 aliphatic heterocycles. The number of amides is 1. The lowest BCUT2D eigenvalue weighted by molar-refractivity contribution is -0.119. The number of hydrogen-bond acceptors (Lipinski definition) is 3. The van der Waals surface area contributed by atoms with Crippen molar-refractivity contribution in [2.24, 2.45) is 5.92 Å². The molecule has 0 aromatic heterocycles. The Morgan fingerprint density at radius 1 is 1.30 bits per heavy atom. The second-order valence-corrected chi connectivity index (χ2v) is 6.97. The molecule has 1 saturated carbocycles. The number of nitrogen functional groups attached to an aromatic ring is 1. The van der Waals surface area contributed by atoms with Crippen molar-refractivity contribution in [2.75, 3.05) is 22.9 Å². The van der Waals surface area contributed by atoms with E-state index in [0.29, 0.717) is 12.3 Å². The molecule has 4 heteroatoms. The lowest BCUT2D eigenvalue weighted by atomic mass is 9.86. The highest BCUT2D eigenvalue weighted by Crippen LogP contribution is 2.37. The van der Waals surface area contributed by atoms with E-state index >= 15 is 0 Å². The zero-order valence-electron chi connectivity index (χ0n) is 11.8. The van der Waals surface area contributed by atoms with E-state index in [1.54, 1.807) is 0 Å². The molecule has 2 aliphatic rings. The average Bonchev–Trinajstić information content (AvgIpc) is 2.47. The van der Waals surface area contributed by atoms with Crippen molar-refractivity contribution in [3.8, 4) is 0 Å². The summed E-state index contributed by atoms with van der Waals surface area (Å²) in [7, 11) is 0. The Morgan fingerprint density at radius 3 is 2.90 bits per heavy atom. The summed E-state index contributed by atoms with van der Waals surface area (Å²) in [4.78, 5) is 15.8. The Kier molecular flexibility index (Phi) is 4.20. The smallest absolute Gasteiger partial charge is 0.227 e. The van der Waals surface area contributed by atoms with Crippen molar-refractivity contribution in [1.29, 1.82) is 0 Å². The fraction of sp³-hybridized carbons (Fsp3) is 0.562. The van der Waals surface area contributed by atoms with Gasteiger partial charge in [-0.15, -0.1) is 11.8 Å². The number of anilines is 2. The minimum atomic E-state index is 0.282. The molecule has 0 atom stereocenters. The summed E-state index contributed by atoms with van der Waals surface area (Å²) in [6.45, 7) is 0.812. The third-order valence-electron chi connectivity index (χ3n) is 4.34. The second kappa shape index (κ2) is 6.08. The first-order valence-corrected chi connectivity index (χ1v) is 8.55. The SMILES string of the molecule is Nc1ccc2c(c1)N(C(=O)CC1CCCCC1)CCS2. The molecule has 3 rings (SSSR count). The summed E-state index contributed by atoms with van der Waals surface area (Å²) in [5, 5.41) is 0. The predicted molar refractivity (Wildman–Crippen MR) is 85.1 cm³/mol. The Bertz CT molecular complexity index is 497. The van der Waals surface area contributed by atoms with Crippen molar-refractivity contribution in [3.05, 3.63) is 18.2 Å². The number of thioether (sulfide) groups is 1. The van der Waals surface area contributed by atoms with E-state index in [2.05, 4.69) is 0 Å². The molecular formula is C16H22N2OS. The molecule has 0 unspecified atom stereocenters. The minimum Gasteiger partial charge on any atom is -0.399 e. The van der Waals surface area contributed by atoms with E-state index in [9.17, 15) is 4.79 Å². The van der Waals surface area contributed by atoms with Crippen LogP contribution in [-0.4, -0.2) is 18.2 Å². The number of carbonyl (C=O) groups is 1. The van der Waals surface area contributed by atoms with Gasteiger partial charge in [-0.3, -0.25) is 4.79 Å². The third-order valence-corrected chi connectivity index (χ3v) is 5.38. The molecule has 1 aromatic rings. The van der Waals surface area contributed by atoms with Gasteiger partial charge in [-0.25, -0.2) is 0 Å². The first kappa shape index (κ1) is 13.8. The predicted octanol–water partition coefficient (Wildman–Crippen LogP) is 3.68. The Labute approximate surface area is 124 Å². The third kappa shape index (κ3) is 2.95. The van der Waals surface area contributed by atoms with E-state index in [0.717, 1.165) is 23.7 Å². The van der Waals surface area contributed by atoms with Gasteiger partial charge in [-0.1, -0.05) is 19.3 Å². The van der Waals surface area contributed by atoms with Gasteiger partial charge < -0.3 is 10.6 Å². The van der Waals surface area contributed by atoms with E-state index in [4.69, 9.17) is 5.73 Å². The molecule has 0 radical (unpaired) electrons. The van der Waals surface area contributed by atoms with Crippen LogP contribution in [-0.2, 0) is 4.79 Å². The molecule has 3 nitrogen and oxygen atoms in total. The summed E-state index contributed by atoms with van der Waals surface area (Å²) < 4.78 is 0. The van der Waals surface area contributed by atoms with Crippen molar-refractivity contribution in [2.45, 2.75) is 43.4 Å². The van der Waals surface area contributed by atoms with Crippen LogP contribution in [0.15, 0.2) is 23.1 Å². The summed E-state index contributed by atoms with van der Waals surface area (Å²) in [5.41, 5.74) is 7.63. The van der Waals surface area contributed by atoms with Crippen LogP contribution >= 0.6 is 11.8 Å². The summed E-state index contributed by atoms with van der Waals surface area (Å²) in [6, 6.07) is 5.90. The molecule has 1 aromatic carbocycles. The Morgan fingerprint density at radius 2 is 2.10 bits per heavy atom. The fourth-order valence-corrected chi connectivity index (χ4v) is 4.22. The van der Waals surface area contributed by atoms with Crippen molar-refractivity contribution < 1.29 is 4.79 Å². The molecule has 1 fully saturated rings. The number of nitrogens with zero attached hydrogens (tertiary/aromatic N) is 1. The quantitative estimate of drug-likeness (QED) is 0.845. The lowest BCUT2D eigenvalue weighted by Gasteiger charge is -2.31. The molecule has 20 heavy (non-hydrogen) atoms. The van der Waals surface area contributed by atoms with Crippen molar-refractivity contribution in [3.63, 3.8) is 0 Å². The normalized spacial score (nSPS) is 19.7. The molecule has 1 amide bonds. The van der Waals surface area contributed by atoms with Gasteiger partial charge in [0, 0.05) is 29.3 Å². The van der Waals surface area contributed by atoms with E-state index < -0.39 is 0 Å². The zero-order chi connectivity index (χ0) is 13.9. The van der Waals surface area contributed by atoms with Gasteiger partial charge in [0.05, 0.1) is 5.69 Å². The van der Waals surface area contributed by atoms with Gasteiger partial charge in [0.15, 0.2) is 0 Å². The number of fused-ring (bicyclic) bond motifs is 1. The molecular weight excluding hydrogens is 268 g/mol. The molecule has 108 valence electrons. The molecule has 0 saturated heterocycles. The van der Waals surface area contributed by atoms with E-state index in [1.165, 1.54) is 37.0 Å². The molecule has 2 N–H and O–H groups in total. The van der Waals surface area contributed by atoms with Crippen molar-refractivity contribution in [1.82, 2.24) is 0 Å². The fourth-order valence-electron chi connectivity index (χ4n) is 3.24. The number of hydrogen-bond donors (Lipinski definition) is 1. The Balaban J connectivity index is 1.74. The molecule has 1 heterocycles. The minimum absolute atomic E-state index is 0.282. The van der Waals surface area contributed by atoms with Crippen LogP contribution in [0.2, 0.25) is 0 Å². The largest absolute Gasteiger partial charge is 0.399 e. The van der Waals surface area contributed by atoms with Gasteiger partial charge in [0.25, 0.3) is 0 Å². The van der Waals surface area contributed by atoms with Gasteiger partial charge in [-0.2, -0.15) is 0 Å². The standard InChI is InChI=1S/C16H22N2OS/c17-13-6-7-15-14(11-13)18(8-9-20-15)16(19)10-12-4-2-1-3-5-12/h6-7,11-12H,1-5,8-10,17H2. The highest BCUT2D eigenvalue weighted by atomic mass is 32.2. The monoisotopic (exact) mass is 290 g/mol. The van der Waals surface area contributed by atoms with Gasteiger partial charge in [0.1, 0.15) is 0 Å². The maximum Gasteiger partial charge on any atom is 0.227 e. The summed E-state index contributed by atoms with van der Waals surface area (Å²) in [6.07, 6.45) is 7.06. The highest BCUT2D eigenvalue weighted by molar-refractivity contribution is 7.99. The van der Waals surface area contributed by atoms with Crippen LogP contribution < -0.4 is 10.6 Å². The number of benzene rings is 1. The topological polar surface area (TPSA) is 46.3 Å². The maximum absolute atomic E-state index is 12.6. The molecule has 1 aliphatic carbocycles. The first-order chi connectivity index (χ1) is 9.74. The highest BCUT2D eigenvalue weighted by Gasteiger charge is 2.26. The van der Waals surface area contributed by atoms with Crippen LogP contribution in [0.5, 0.6) is 0 Å². The number of nitrogens with two attached hydrogens (primary N) is 1. The average molecular weight is 290 g/mol. The van der Waals surface area contributed by atoms with E-state index in [1.807, 2.05) is 34.9 Å². The Hall–Kier alpha value is -1.16. The number of rotatable bonds is 2. The summed E-state index contributed by atoms with van der Waals surface area (Å²) in [5.74, 6) is 1.85. The number of carbonyl (C=O) groups excluding carboxylic acids is 1. The van der Waals surface area contributed by atoms with Crippen LogP contribution in [0.1, 0.15) is 38.5 Å². The van der Waals surface area contributed by atoms with Gasteiger partial charge in [-0.05, 0) is 37.0 Å². The van der Waals surface area contributed by atoms with E-state index in [-0.39, 0.29) is 5.91 Å². The zero-order valence-corrected chi connectivity index (χ0v) is 12.6. The molecule has 0 bridgehead atoms. The molecule has 0 spiro atoms. The second-order valence-electron chi connectivity index (χ2n) is 5.83.